The fourth-order valence-electron chi connectivity index (χ4n) is 2.41. The minimum Gasteiger partial charge on any atom is -0.396 e. The van der Waals surface area contributed by atoms with Crippen LogP contribution in [0.15, 0.2) is 24.3 Å². The molecule has 1 unspecified atom stereocenters. The maximum Gasteiger partial charge on any atom is 0.230 e. The molecule has 4 nitrogen and oxygen atoms in total. The lowest BCUT2D eigenvalue weighted by Crippen LogP contribution is -2.35. The predicted molar refractivity (Wildman–Crippen MR) is 71.6 cm³/mol. The van der Waals surface area contributed by atoms with Gasteiger partial charge in [-0.1, -0.05) is 18.2 Å². The van der Waals surface area contributed by atoms with Gasteiger partial charge in [0.15, 0.2) is 0 Å². The number of anilines is 1. The average molecular weight is 248 g/mol. The van der Waals surface area contributed by atoms with Crippen molar-refractivity contribution >= 4 is 11.6 Å². The van der Waals surface area contributed by atoms with Gasteiger partial charge in [0.25, 0.3) is 0 Å². The number of hydrogen-bond acceptors (Lipinski definition) is 3. The van der Waals surface area contributed by atoms with Gasteiger partial charge in [-0.2, -0.15) is 0 Å². The zero-order valence-electron chi connectivity index (χ0n) is 10.7. The summed E-state index contributed by atoms with van der Waals surface area (Å²) in [6, 6.07) is 7.99. The van der Waals surface area contributed by atoms with Crippen LogP contribution in [0.4, 0.5) is 5.69 Å². The van der Waals surface area contributed by atoms with E-state index in [4.69, 9.17) is 5.11 Å². The molecular weight excluding hydrogens is 228 g/mol. The summed E-state index contributed by atoms with van der Waals surface area (Å²) < 4.78 is 0. The Hall–Kier alpha value is -1.55. The van der Waals surface area contributed by atoms with Crippen LogP contribution in [0, 0.1) is 0 Å². The zero-order chi connectivity index (χ0) is 13.0. The Morgan fingerprint density at radius 1 is 1.50 bits per heavy atom. The normalized spacial score (nSPS) is 17.8. The van der Waals surface area contributed by atoms with Crippen LogP contribution in [-0.4, -0.2) is 42.7 Å². The highest BCUT2D eigenvalue weighted by atomic mass is 16.3. The van der Waals surface area contributed by atoms with Gasteiger partial charge < -0.3 is 15.3 Å². The third-order valence-corrected chi connectivity index (χ3v) is 3.41. The number of aliphatic hydroxyl groups excluding tert-OH is 1. The summed E-state index contributed by atoms with van der Waals surface area (Å²) in [5.41, 5.74) is 2.15. The molecule has 2 rings (SSSR count). The standard InChI is InChI=1S/C14H20N2O2/c1-16(9-4-10-17)14(18)12-7-8-15-13-6-3-2-5-11(12)13/h2-3,5-6,12,15,17H,4,7-10H2,1H3. The summed E-state index contributed by atoms with van der Waals surface area (Å²) in [6.07, 6.45) is 1.47. The Kier molecular flexibility index (Phi) is 4.20. The van der Waals surface area contributed by atoms with Crippen molar-refractivity contribution in [3.8, 4) is 0 Å². The molecule has 1 atom stereocenters. The molecule has 0 bridgehead atoms. The molecule has 0 aliphatic carbocycles. The molecule has 1 aromatic carbocycles. The van der Waals surface area contributed by atoms with Gasteiger partial charge in [-0.25, -0.2) is 0 Å². The average Bonchev–Trinajstić information content (AvgIpc) is 2.43. The van der Waals surface area contributed by atoms with Crippen molar-refractivity contribution in [3.05, 3.63) is 29.8 Å². The van der Waals surface area contributed by atoms with Crippen molar-refractivity contribution in [1.29, 1.82) is 0 Å². The largest absolute Gasteiger partial charge is 0.396 e. The number of hydrogen-bond donors (Lipinski definition) is 2. The minimum atomic E-state index is -0.0499. The summed E-state index contributed by atoms with van der Waals surface area (Å²) >= 11 is 0. The first-order valence-electron chi connectivity index (χ1n) is 6.42. The number of rotatable bonds is 4. The lowest BCUT2D eigenvalue weighted by Gasteiger charge is -2.29. The first-order chi connectivity index (χ1) is 8.74. The summed E-state index contributed by atoms with van der Waals surface area (Å²) in [4.78, 5) is 14.1. The van der Waals surface area contributed by atoms with Crippen molar-refractivity contribution in [2.45, 2.75) is 18.8 Å². The number of nitrogens with zero attached hydrogens (tertiary/aromatic N) is 1. The first-order valence-corrected chi connectivity index (χ1v) is 6.42. The number of amides is 1. The number of aliphatic hydroxyl groups is 1. The van der Waals surface area contributed by atoms with Crippen molar-refractivity contribution in [1.82, 2.24) is 4.90 Å². The van der Waals surface area contributed by atoms with Crippen LogP contribution in [0.5, 0.6) is 0 Å². The van der Waals surface area contributed by atoms with Crippen LogP contribution < -0.4 is 5.32 Å². The topological polar surface area (TPSA) is 52.6 Å². The van der Waals surface area contributed by atoms with E-state index in [0.29, 0.717) is 13.0 Å². The Morgan fingerprint density at radius 2 is 2.28 bits per heavy atom. The first kappa shape index (κ1) is 12.9. The van der Waals surface area contributed by atoms with Crippen molar-refractivity contribution < 1.29 is 9.90 Å². The highest BCUT2D eigenvalue weighted by molar-refractivity contribution is 5.86. The second kappa shape index (κ2) is 5.87. The fraction of sp³-hybridized carbons (Fsp3) is 0.500. The summed E-state index contributed by atoms with van der Waals surface area (Å²) in [7, 11) is 1.81. The van der Waals surface area contributed by atoms with Gasteiger partial charge in [-0.3, -0.25) is 4.79 Å². The molecule has 0 saturated heterocycles. The zero-order valence-corrected chi connectivity index (χ0v) is 10.7. The highest BCUT2D eigenvalue weighted by Crippen LogP contribution is 2.32. The monoisotopic (exact) mass is 248 g/mol. The van der Waals surface area contributed by atoms with E-state index >= 15 is 0 Å². The van der Waals surface area contributed by atoms with E-state index in [1.54, 1.807) is 4.90 Å². The van der Waals surface area contributed by atoms with Crippen LogP contribution in [0.25, 0.3) is 0 Å². The van der Waals surface area contributed by atoms with Gasteiger partial charge in [0, 0.05) is 32.4 Å². The van der Waals surface area contributed by atoms with E-state index in [2.05, 4.69) is 5.32 Å². The van der Waals surface area contributed by atoms with E-state index in [9.17, 15) is 4.79 Å². The Bertz CT molecular complexity index is 420. The third-order valence-electron chi connectivity index (χ3n) is 3.41. The third kappa shape index (κ3) is 2.64. The predicted octanol–water partition coefficient (Wildman–Crippen LogP) is 1.43. The van der Waals surface area contributed by atoms with Gasteiger partial charge in [0.2, 0.25) is 5.91 Å². The fourth-order valence-corrected chi connectivity index (χ4v) is 2.41. The molecular formula is C14H20N2O2. The summed E-state index contributed by atoms with van der Waals surface area (Å²) in [5, 5.41) is 12.1. The second-order valence-electron chi connectivity index (χ2n) is 4.69. The molecule has 98 valence electrons. The smallest absolute Gasteiger partial charge is 0.230 e. The number of benzene rings is 1. The Morgan fingerprint density at radius 3 is 3.06 bits per heavy atom. The maximum absolute atomic E-state index is 12.4. The molecule has 0 saturated carbocycles. The van der Waals surface area contributed by atoms with Crippen LogP contribution in [0.3, 0.4) is 0 Å². The Balaban J connectivity index is 2.12. The number of carbonyl (C=O) groups excluding carboxylic acids is 1. The number of carbonyl (C=O) groups is 1. The van der Waals surface area contributed by atoms with E-state index < -0.39 is 0 Å². The van der Waals surface area contributed by atoms with Crippen LogP contribution in [0.1, 0.15) is 24.3 Å². The van der Waals surface area contributed by atoms with Gasteiger partial charge in [0.1, 0.15) is 0 Å². The molecule has 0 fully saturated rings. The lowest BCUT2D eigenvalue weighted by molar-refractivity contribution is -0.131. The summed E-state index contributed by atoms with van der Waals surface area (Å²) in [5.74, 6) is 0.101. The Labute approximate surface area is 108 Å². The minimum absolute atomic E-state index is 0.0499. The molecule has 0 aromatic heterocycles. The van der Waals surface area contributed by atoms with Crippen LogP contribution in [0.2, 0.25) is 0 Å². The molecule has 0 spiro atoms. The van der Waals surface area contributed by atoms with Crippen LogP contribution in [-0.2, 0) is 4.79 Å². The highest BCUT2D eigenvalue weighted by Gasteiger charge is 2.28. The molecule has 2 N–H and O–H groups in total. The maximum atomic E-state index is 12.4. The number of para-hydroxylation sites is 1. The van der Waals surface area contributed by atoms with Gasteiger partial charge in [0.05, 0.1) is 5.92 Å². The number of likely N-dealkylation sites (N-methyl/N-ethyl adjacent to an activating group) is 1. The number of nitrogens with one attached hydrogen (secondary N) is 1. The van der Waals surface area contributed by atoms with E-state index in [0.717, 1.165) is 24.2 Å². The molecule has 1 aliphatic heterocycles. The molecule has 1 heterocycles. The van der Waals surface area contributed by atoms with Crippen molar-refractivity contribution in [2.75, 3.05) is 32.1 Å². The van der Waals surface area contributed by atoms with Crippen molar-refractivity contribution in [2.24, 2.45) is 0 Å². The quantitative estimate of drug-likeness (QED) is 0.847. The number of fused-ring (bicyclic) bond motifs is 1. The molecule has 1 aliphatic rings. The molecule has 4 heteroatoms. The van der Waals surface area contributed by atoms with Gasteiger partial charge in [-0.05, 0) is 24.5 Å². The van der Waals surface area contributed by atoms with E-state index in [-0.39, 0.29) is 18.4 Å². The molecule has 0 radical (unpaired) electrons. The molecule has 1 aromatic rings. The second-order valence-corrected chi connectivity index (χ2v) is 4.69. The SMILES string of the molecule is CN(CCCO)C(=O)C1CCNc2ccccc21. The molecule has 18 heavy (non-hydrogen) atoms. The van der Waals surface area contributed by atoms with E-state index in [1.807, 2.05) is 31.3 Å². The summed E-state index contributed by atoms with van der Waals surface area (Å²) in [6.45, 7) is 1.57. The van der Waals surface area contributed by atoms with Crippen LogP contribution >= 0.6 is 0 Å². The van der Waals surface area contributed by atoms with E-state index in [1.165, 1.54) is 0 Å². The van der Waals surface area contributed by atoms with Gasteiger partial charge in [-0.15, -0.1) is 0 Å². The molecule has 1 amide bonds. The lowest BCUT2D eigenvalue weighted by atomic mass is 9.90. The van der Waals surface area contributed by atoms with Crippen molar-refractivity contribution in [3.63, 3.8) is 0 Å². The van der Waals surface area contributed by atoms with Gasteiger partial charge >= 0.3 is 0 Å².